The van der Waals surface area contributed by atoms with Crippen molar-refractivity contribution in [1.82, 2.24) is 19.2 Å². The Bertz CT molecular complexity index is 1440. The van der Waals surface area contributed by atoms with Gasteiger partial charge in [0.05, 0.1) is 24.8 Å². The van der Waals surface area contributed by atoms with E-state index in [1.165, 1.54) is 4.90 Å². The summed E-state index contributed by atoms with van der Waals surface area (Å²) in [5, 5.41) is 4.29. The molecule has 9 nitrogen and oxygen atoms in total. The number of hydrogen-bond donors (Lipinski definition) is 0. The summed E-state index contributed by atoms with van der Waals surface area (Å²) in [6.07, 6.45) is 1.21. The molecule has 0 unspecified atom stereocenters. The number of piperidine rings is 1. The van der Waals surface area contributed by atoms with Gasteiger partial charge in [0.25, 0.3) is 11.5 Å². The summed E-state index contributed by atoms with van der Waals surface area (Å²) in [4.78, 5) is 54.6. The van der Waals surface area contributed by atoms with Crippen molar-refractivity contribution in [1.29, 1.82) is 0 Å². The van der Waals surface area contributed by atoms with Crippen molar-refractivity contribution in [3.05, 3.63) is 91.8 Å². The number of carbonyl (C=O) groups excluding carboxylic acids is 2. The number of nitrogens with zero attached hydrogens (tertiary/aromatic N) is 4. The fourth-order valence-corrected chi connectivity index (χ4v) is 4.68. The van der Waals surface area contributed by atoms with E-state index in [0.29, 0.717) is 31.0 Å². The van der Waals surface area contributed by atoms with Crippen LogP contribution in [0.5, 0.6) is 0 Å². The van der Waals surface area contributed by atoms with E-state index in [0.717, 1.165) is 25.9 Å². The lowest BCUT2D eigenvalue weighted by Gasteiger charge is -2.31. The van der Waals surface area contributed by atoms with E-state index in [1.807, 2.05) is 43.3 Å². The number of aromatic nitrogens is 3. The van der Waals surface area contributed by atoms with Gasteiger partial charge in [-0.15, -0.1) is 0 Å². The third kappa shape index (κ3) is 5.61. The molecule has 0 aliphatic carbocycles. The van der Waals surface area contributed by atoms with E-state index in [9.17, 15) is 19.2 Å². The van der Waals surface area contributed by atoms with Gasteiger partial charge in [0.2, 0.25) is 5.69 Å². The Labute approximate surface area is 221 Å². The number of esters is 1. The average molecular weight is 519 g/mol. The van der Waals surface area contributed by atoms with Gasteiger partial charge in [0.15, 0.2) is 0 Å². The molecule has 1 fully saturated rings. The van der Waals surface area contributed by atoms with Crippen LogP contribution in [0.15, 0.2) is 58.1 Å². The van der Waals surface area contributed by atoms with Crippen LogP contribution in [-0.4, -0.2) is 50.8 Å². The fraction of sp³-hybridized carbons (Fsp3) is 0.414. The van der Waals surface area contributed by atoms with Crippen LogP contribution in [0.3, 0.4) is 0 Å². The third-order valence-corrected chi connectivity index (χ3v) is 6.98. The number of amides is 1. The number of hydrogen-bond acceptors (Lipinski definition) is 6. The van der Waals surface area contributed by atoms with E-state index >= 15 is 0 Å². The molecular weight excluding hydrogens is 484 g/mol. The van der Waals surface area contributed by atoms with Crippen LogP contribution in [0, 0.1) is 12.8 Å². The van der Waals surface area contributed by atoms with Gasteiger partial charge in [0.1, 0.15) is 0 Å². The number of ether oxygens (including phenoxy) is 1. The molecular formula is C29H34N4O5. The highest BCUT2D eigenvalue weighted by Crippen LogP contribution is 2.20. The highest BCUT2D eigenvalue weighted by Gasteiger charge is 2.32. The molecule has 2 aromatic carbocycles. The molecule has 0 spiro atoms. The maximum absolute atomic E-state index is 13.6. The molecule has 0 N–H and O–H groups in total. The highest BCUT2D eigenvalue weighted by atomic mass is 16.5. The molecule has 200 valence electrons. The van der Waals surface area contributed by atoms with Gasteiger partial charge in [-0.3, -0.25) is 19.0 Å². The minimum absolute atomic E-state index is 0.00265. The van der Waals surface area contributed by atoms with Crippen LogP contribution >= 0.6 is 0 Å². The second-order valence-corrected chi connectivity index (χ2v) is 9.95. The first-order valence-electron chi connectivity index (χ1n) is 13.1. The minimum atomic E-state index is -0.753. The van der Waals surface area contributed by atoms with Crippen LogP contribution in [0.2, 0.25) is 0 Å². The van der Waals surface area contributed by atoms with Crippen molar-refractivity contribution >= 4 is 11.9 Å². The van der Waals surface area contributed by atoms with Crippen LogP contribution in [0.25, 0.3) is 5.69 Å². The zero-order chi connectivity index (χ0) is 27.4. The Hall–Kier alpha value is -4.01. The molecule has 1 aliphatic rings. The van der Waals surface area contributed by atoms with Gasteiger partial charge in [-0.05, 0) is 61.4 Å². The predicted molar refractivity (Wildman–Crippen MR) is 144 cm³/mol. The maximum atomic E-state index is 13.6. The molecule has 1 amide bonds. The first-order valence-corrected chi connectivity index (χ1v) is 13.1. The summed E-state index contributed by atoms with van der Waals surface area (Å²) in [6, 6.07) is 14.8. The van der Waals surface area contributed by atoms with Crippen LogP contribution in [0.1, 0.15) is 66.7 Å². The smallest absolute Gasteiger partial charge is 0.352 e. The lowest BCUT2D eigenvalue weighted by molar-refractivity contribution is -0.149. The zero-order valence-corrected chi connectivity index (χ0v) is 22.3. The Morgan fingerprint density at radius 1 is 1.08 bits per heavy atom. The van der Waals surface area contributed by atoms with E-state index in [1.54, 1.807) is 19.1 Å². The molecule has 0 bridgehead atoms. The van der Waals surface area contributed by atoms with Crippen molar-refractivity contribution in [3.63, 3.8) is 0 Å². The molecule has 1 atom stereocenters. The van der Waals surface area contributed by atoms with Gasteiger partial charge < -0.3 is 9.64 Å². The number of carbonyl (C=O) groups is 2. The molecule has 9 heteroatoms. The van der Waals surface area contributed by atoms with Crippen LogP contribution in [0.4, 0.5) is 0 Å². The molecule has 1 saturated heterocycles. The van der Waals surface area contributed by atoms with Gasteiger partial charge in [-0.25, -0.2) is 4.79 Å². The Kier molecular flexibility index (Phi) is 8.24. The van der Waals surface area contributed by atoms with E-state index in [2.05, 4.69) is 18.9 Å². The van der Waals surface area contributed by atoms with Crippen molar-refractivity contribution in [2.75, 3.05) is 19.7 Å². The number of rotatable bonds is 7. The molecule has 2 heterocycles. The number of aryl methyl sites for hydroxylation is 1. The molecule has 1 aromatic heterocycles. The number of likely N-dealkylation sites (tertiary alicyclic amines) is 1. The maximum Gasteiger partial charge on any atom is 0.352 e. The summed E-state index contributed by atoms with van der Waals surface area (Å²) in [6.45, 7) is 8.56. The summed E-state index contributed by atoms with van der Waals surface area (Å²) in [5.74, 6) is -1.12. The van der Waals surface area contributed by atoms with Crippen LogP contribution in [-0.2, 0) is 16.1 Å². The van der Waals surface area contributed by atoms with Crippen molar-refractivity contribution in [3.8, 4) is 5.69 Å². The average Bonchev–Trinajstić information content (AvgIpc) is 2.92. The molecule has 0 radical (unpaired) electrons. The normalized spacial score (nSPS) is 15.5. The lowest BCUT2D eigenvalue weighted by Crippen LogP contribution is -2.49. The molecule has 1 aliphatic heterocycles. The molecule has 3 aromatic rings. The van der Waals surface area contributed by atoms with Gasteiger partial charge in [0, 0.05) is 13.1 Å². The first-order chi connectivity index (χ1) is 18.2. The highest BCUT2D eigenvalue weighted by molar-refractivity contribution is 5.92. The van der Waals surface area contributed by atoms with E-state index in [4.69, 9.17) is 4.74 Å². The second kappa shape index (κ2) is 11.6. The third-order valence-electron chi connectivity index (χ3n) is 6.98. The van der Waals surface area contributed by atoms with Crippen molar-refractivity contribution < 1.29 is 14.3 Å². The van der Waals surface area contributed by atoms with E-state index in [-0.39, 0.29) is 31.4 Å². The Morgan fingerprint density at radius 2 is 1.79 bits per heavy atom. The van der Waals surface area contributed by atoms with Crippen molar-refractivity contribution in [2.24, 2.45) is 5.92 Å². The van der Waals surface area contributed by atoms with Gasteiger partial charge in [-0.1, -0.05) is 50.2 Å². The minimum Gasteiger partial charge on any atom is -0.466 e. The van der Waals surface area contributed by atoms with Crippen molar-refractivity contribution in [2.45, 2.75) is 53.0 Å². The van der Waals surface area contributed by atoms with Gasteiger partial charge in [-0.2, -0.15) is 9.78 Å². The summed E-state index contributed by atoms with van der Waals surface area (Å²) < 4.78 is 7.33. The van der Waals surface area contributed by atoms with Gasteiger partial charge >= 0.3 is 11.7 Å². The summed E-state index contributed by atoms with van der Waals surface area (Å²) >= 11 is 0. The summed E-state index contributed by atoms with van der Waals surface area (Å²) in [7, 11) is 0. The SMILES string of the molecule is CCOC(=O)[C@@H]1CCCN(C(=O)c2nn(-c3ccc(C(C)C)cc3)c(=O)n(Cc3ccccc3C)c2=O)C1. The zero-order valence-electron chi connectivity index (χ0n) is 22.3. The second-order valence-electron chi connectivity index (χ2n) is 9.95. The fourth-order valence-electron chi connectivity index (χ4n) is 4.68. The molecule has 4 rings (SSSR count). The lowest BCUT2D eigenvalue weighted by atomic mass is 9.98. The molecule has 38 heavy (non-hydrogen) atoms. The predicted octanol–water partition coefficient (Wildman–Crippen LogP) is 3.29. The monoisotopic (exact) mass is 518 g/mol. The Balaban J connectivity index is 1.80. The largest absolute Gasteiger partial charge is 0.466 e. The first kappa shape index (κ1) is 27.0. The summed E-state index contributed by atoms with van der Waals surface area (Å²) in [5.41, 5.74) is 1.52. The Morgan fingerprint density at radius 3 is 2.45 bits per heavy atom. The van der Waals surface area contributed by atoms with E-state index < -0.39 is 23.1 Å². The van der Waals surface area contributed by atoms with Crippen LogP contribution < -0.4 is 11.2 Å². The topological polar surface area (TPSA) is 104 Å². The standard InChI is InChI=1S/C29H34N4O5/c1-5-38-28(36)23-11-8-16-31(17-23)26(34)25-27(35)32(18-22-10-7-6-9-20(22)4)29(37)33(30-25)24-14-12-21(13-15-24)19(2)3/h6-7,9-10,12-15,19,23H,5,8,11,16-18H2,1-4H3/t23-/m1/s1. The molecule has 0 saturated carbocycles. The quantitative estimate of drug-likeness (QED) is 0.445. The number of benzene rings is 2.